The molecular weight excluding hydrogens is 633 g/mol. The summed E-state index contributed by atoms with van der Waals surface area (Å²) in [4.78, 5) is 6.99. The van der Waals surface area contributed by atoms with Crippen molar-refractivity contribution in [2.45, 2.75) is 0 Å². The summed E-state index contributed by atoms with van der Waals surface area (Å²) in [5.74, 6) is 0. The van der Waals surface area contributed by atoms with Gasteiger partial charge in [0.1, 0.15) is 5.58 Å². The Morgan fingerprint density at radius 1 is 0.404 bits per heavy atom. The zero-order chi connectivity index (χ0) is 34.4. The molecule has 0 fully saturated rings. The zero-order valence-electron chi connectivity index (χ0n) is 28.3. The van der Waals surface area contributed by atoms with Gasteiger partial charge in [0.2, 0.25) is 0 Å². The van der Waals surface area contributed by atoms with Crippen molar-refractivity contribution in [3.05, 3.63) is 194 Å². The maximum absolute atomic E-state index is 6.79. The Labute approximate surface area is 301 Å². The van der Waals surface area contributed by atoms with Crippen LogP contribution in [0.3, 0.4) is 0 Å². The van der Waals surface area contributed by atoms with E-state index in [0.717, 1.165) is 66.5 Å². The first-order valence-electron chi connectivity index (χ1n) is 17.6. The lowest BCUT2D eigenvalue weighted by molar-refractivity contribution is 0.669. The van der Waals surface area contributed by atoms with E-state index in [2.05, 4.69) is 180 Å². The van der Waals surface area contributed by atoms with Gasteiger partial charge in [0, 0.05) is 39.9 Å². The van der Waals surface area contributed by atoms with Gasteiger partial charge in [-0.3, -0.25) is 4.98 Å². The molecule has 3 nitrogen and oxygen atoms in total. The van der Waals surface area contributed by atoms with Crippen LogP contribution >= 0.6 is 0 Å². The quantitative estimate of drug-likeness (QED) is 0.177. The summed E-state index contributed by atoms with van der Waals surface area (Å²) in [6.07, 6.45) is 3.83. The van der Waals surface area contributed by atoms with Crippen LogP contribution in [0.5, 0.6) is 0 Å². The van der Waals surface area contributed by atoms with Gasteiger partial charge in [-0.05, 0) is 92.0 Å². The number of hydrogen-bond acceptors (Lipinski definition) is 3. The summed E-state index contributed by atoms with van der Waals surface area (Å²) >= 11 is 0. The van der Waals surface area contributed by atoms with Crippen LogP contribution in [0.4, 0.5) is 17.1 Å². The molecule has 0 bridgehead atoms. The molecule has 0 aliphatic rings. The van der Waals surface area contributed by atoms with Gasteiger partial charge in [0.25, 0.3) is 0 Å². The average molecular weight is 665 g/mol. The molecule has 0 atom stereocenters. The highest BCUT2D eigenvalue weighted by Gasteiger charge is 2.24. The molecule has 2 heterocycles. The van der Waals surface area contributed by atoms with E-state index in [1.54, 1.807) is 0 Å². The van der Waals surface area contributed by atoms with E-state index < -0.39 is 0 Å². The van der Waals surface area contributed by atoms with Gasteiger partial charge < -0.3 is 9.32 Å². The summed E-state index contributed by atoms with van der Waals surface area (Å²) in [5.41, 5.74) is 11.7. The largest absolute Gasteiger partial charge is 0.454 e. The highest BCUT2D eigenvalue weighted by molar-refractivity contribution is 6.19. The van der Waals surface area contributed by atoms with Gasteiger partial charge in [-0.2, -0.15) is 0 Å². The first kappa shape index (κ1) is 29.9. The minimum Gasteiger partial charge on any atom is -0.454 e. The van der Waals surface area contributed by atoms with E-state index in [4.69, 9.17) is 4.42 Å². The first-order chi connectivity index (χ1) is 25.8. The lowest BCUT2D eigenvalue weighted by atomic mass is 9.97. The minimum absolute atomic E-state index is 0.829. The van der Waals surface area contributed by atoms with Gasteiger partial charge in [-0.15, -0.1) is 0 Å². The Balaban J connectivity index is 1.21. The van der Waals surface area contributed by atoms with Gasteiger partial charge in [0.05, 0.1) is 5.69 Å². The summed E-state index contributed by atoms with van der Waals surface area (Å²) in [5, 5.41) is 6.73. The average Bonchev–Trinajstić information content (AvgIpc) is 3.59. The van der Waals surface area contributed by atoms with Gasteiger partial charge in [-0.25, -0.2) is 0 Å². The van der Waals surface area contributed by atoms with E-state index in [9.17, 15) is 0 Å². The van der Waals surface area contributed by atoms with Crippen molar-refractivity contribution in [3.8, 4) is 33.4 Å². The molecule has 52 heavy (non-hydrogen) atoms. The number of aromatic nitrogens is 1. The molecule has 10 aromatic rings. The lowest BCUT2D eigenvalue weighted by Crippen LogP contribution is -2.11. The second-order valence-corrected chi connectivity index (χ2v) is 13.2. The van der Waals surface area contributed by atoms with Crippen LogP contribution in [-0.4, -0.2) is 4.98 Å². The summed E-state index contributed by atoms with van der Waals surface area (Å²) in [6, 6.07) is 64.8. The standard InChI is InChI=1S/C49H32N2O/c1-2-11-33(12-3-1)34-23-25-35(26-24-34)37-15-8-17-40(29-37)51(41-18-9-16-38(30-41)43-21-10-14-36-13-4-5-19-42(36)43)48-46-32-50-28-27-39(46)31-45-44-20-6-7-22-47(44)52-49(45)48/h1-32H. The molecule has 0 aliphatic heterocycles. The van der Waals surface area contributed by atoms with Crippen LogP contribution in [0.2, 0.25) is 0 Å². The molecule has 0 amide bonds. The Hall–Kier alpha value is -6.97. The second-order valence-electron chi connectivity index (χ2n) is 13.2. The summed E-state index contributed by atoms with van der Waals surface area (Å²) < 4.78 is 6.79. The predicted octanol–water partition coefficient (Wildman–Crippen LogP) is 13.8. The van der Waals surface area contributed by atoms with Crippen molar-refractivity contribution in [1.82, 2.24) is 4.98 Å². The molecule has 8 aromatic carbocycles. The van der Waals surface area contributed by atoms with Crippen molar-refractivity contribution in [3.63, 3.8) is 0 Å². The fraction of sp³-hybridized carbons (Fsp3) is 0. The van der Waals surface area contributed by atoms with Crippen molar-refractivity contribution in [2.24, 2.45) is 0 Å². The van der Waals surface area contributed by atoms with E-state index in [1.165, 1.54) is 27.5 Å². The molecule has 0 aliphatic carbocycles. The van der Waals surface area contributed by atoms with Gasteiger partial charge in [0.15, 0.2) is 5.58 Å². The van der Waals surface area contributed by atoms with E-state index in [1.807, 2.05) is 24.5 Å². The summed E-state index contributed by atoms with van der Waals surface area (Å²) in [7, 11) is 0. The lowest BCUT2D eigenvalue weighted by Gasteiger charge is -2.28. The highest BCUT2D eigenvalue weighted by atomic mass is 16.3. The smallest absolute Gasteiger partial charge is 0.160 e. The third-order valence-corrected chi connectivity index (χ3v) is 10.1. The van der Waals surface area contributed by atoms with Crippen LogP contribution in [0.15, 0.2) is 199 Å². The summed E-state index contributed by atoms with van der Waals surface area (Å²) in [6.45, 7) is 0. The topological polar surface area (TPSA) is 29.3 Å². The number of pyridine rings is 1. The van der Waals surface area contributed by atoms with E-state index in [0.29, 0.717) is 0 Å². The van der Waals surface area contributed by atoms with Crippen molar-refractivity contribution in [1.29, 1.82) is 0 Å². The molecule has 0 radical (unpaired) electrons. The monoisotopic (exact) mass is 664 g/mol. The zero-order valence-corrected chi connectivity index (χ0v) is 28.3. The van der Waals surface area contributed by atoms with Crippen molar-refractivity contribution in [2.75, 3.05) is 4.90 Å². The molecule has 0 N–H and O–H groups in total. The molecular formula is C49H32N2O. The van der Waals surface area contributed by atoms with Crippen LogP contribution in [0, 0.1) is 0 Å². The Morgan fingerprint density at radius 3 is 1.85 bits per heavy atom. The fourth-order valence-corrected chi connectivity index (χ4v) is 7.62. The number of furan rings is 1. The number of para-hydroxylation sites is 1. The number of rotatable bonds is 6. The number of anilines is 3. The van der Waals surface area contributed by atoms with Crippen molar-refractivity contribution >= 4 is 60.5 Å². The Morgan fingerprint density at radius 2 is 1.02 bits per heavy atom. The van der Waals surface area contributed by atoms with Crippen LogP contribution < -0.4 is 4.90 Å². The predicted molar refractivity (Wildman–Crippen MR) is 218 cm³/mol. The number of benzene rings is 8. The maximum Gasteiger partial charge on any atom is 0.160 e. The number of nitrogens with zero attached hydrogens (tertiary/aromatic N) is 2. The third-order valence-electron chi connectivity index (χ3n) is 10.1. The molecule has 244 valence electrons. The molecule has 0 saturated carbocycles. The SMILES string of the molecule is c1ccc(-c2ccc(-c3cccc(N(c4cccc(-c5cccc6ccccc56)c4)c4c5cnccc5cc5c4oc4ccccc45)c3)cc2)cc1. The van der Waals surface area contributed by atoms with Crippen LogP contribution in [-0.2, 0) is 0 Å². The number of hydrogen-bond donors (Lipinski definition) is 0. The molecule has 0 saturated heterocycles. The minimum atomic E-state index is 0.829. The molecule has 0 spiro atoms. The van der Waals surface area contributed by atoms with Crippen LogP contribution in [0.25, 0.3) is 76.9 Å². The van der Waals surface area contributed by atoms with Crippen LogP contribution in [0.1, 0.15) is 0 Å². The first-order valence-corrected chi connectivity index (χ1v) is 17.6. The van der Waals surface area contributed by atoms with Gasteiger partial charge in [-0.1, -0.05) is 140 Å². The van der Waals surface area contributed by atoms with Gasteiger partial charge >= 0.3 is 0 Å². The molecule has 2 aromatic heterocycles. The maximum atomic E-state index is 6.79. The normalized spacial score (nSPS) is 11.5. The van der Waals surface area contributed by atoms with Crippen molar-refractivity contribution < 1.29 is 4.42 Å². The fourth-order valence-electron chi connectivity index (χ4n) is 7.62. The van der Waals surface area contributed by atoms with E-state index in [-0.39, 0.29) is 0 Å². The molecule has 10 rings (SSSR count). The third kappa shape index (κ3) is 5.10. The Kier molecular flexibility index (Phi) is 7.14. The molecule has 3 heteroatoms. The molecule has 0 unspecified atom stereocenters. The highest BCUT2D eigenvalue weighted by Crippen LogP contribution is 2.47. The number of fused-ring (bicyclic) bond motifs is 5. The second kappa shape index (κ2) is 12.4. The van der Waals surface area contributed by atoms with E-state index >= 15 is 0 Å². The Bertz CT molecular complexity index is 2900.